The van der Waals surface area contributed by atoms with E-state index in [2.05, 4.69) is 11.4 Å². The van der Waals surface area contributed by atoms with Gasteiger partial charge >= 0.3 is 12.1 Å². The Balaban J connectivity index is 1.91. The summed E-state index contributed by atoms with van der Waals surface area (Å²) in [4.78, 5) is 50.9. The third kappa shape index (κ3) is 6.03. The summed E-state index contributed by atoms with van der Waals surface area (Å²) in [6.07, 6.45) is 5.50. The molecule has 9 heteroatoms. The van der Waals surface area contributed by atoms with Crippen LogP contribution in [-0.4, -0.2) is 47.7 Å². The molecule has 0 spiro atoms. The summed E-state index contributed by atoms with van der Waals surface area (Å²) in [5, 5.41) is 11.3. The van der Waals surface area contributed by atoms with E-state index < -0.39 is 54.9 Å². The smallest absolute Gasteiger partial charge is 0.419 e. The number of ketones is 1. The topological polar surface area (TPSA) is 113 Å². The number of alkyl halides is 1. The van der Waals surface area contributed by atoms with Crippen LogP contribution in [0.3, 0.4) is 0 Å². The van der Waals surface area contributed by atoms with Crippen LogP contribution in [0.15, 0.2) is 53.8 Å². The van der Waals surface area contributed by atoms with E-state index >= 15 is 0 Å². The fourth-order valence-electron chi connectivity index (χ4n) is 4.01. The number of carbonyl (C=O) groups is 4. The van der Waals surface area contributed by atoms with E-state index in [0.717, 1.165) is 16.8 Å². The maximum absolute atomic E-state index is 13.6. The lowest BCUT2D eigenvalue weighted by Gasteiger charge is -2.31. The number of nitrogens with one attached hydrogen (secondary N) is 1. The standard InChI is InChI=1S/C26H29FN2O6/c1-15(2)24(25(33)28-19(13-23(31)32)22(30)14-27)35-26(34)29-20-7-5-4-6-17(20)10-11-18-9-8-16(3)12-21(18)29/h4-11,15-16,19,24H,12-14H2,1-3H3,(H,28,33)(H,31,32). The van der Waals surface area contributed by atoms with Gasteiger partial charge in [0.1, 0.15) is 12.7 Å². The number of anilines is 1. The first-order chi connectivity index (χ1) is 16.6. The van der Waals surface area contributed by atoms with Crippen LogP contribution in [0.1, 0.15) is 39.2 Å². The Labute approximate surface area is 203 Å². The van der Waals surface area contributed by atoms with Crippen LogP contribution in [0.5, 0.6) is 0 Å². The summed E-state index contributed by atoms with van der Waals surface area (Å²) in [6, 6.07) is 5.74. The Bertz CT molecular complexity index is 1110. The van der Waals surface area contributed by atoms with Gasteiger partial charge in [-0.2, -0.15) is 0 Å². The van der Waals surface area contributed by atoms with E-state index in [4.69, 9.17) is 9.84 Å². The van der Waals surface area contributed by atoms with Gasteiger partial charge in [-0.3, -0.25) is 14.4 Å². The third-order valence-corrected chi connectivity index (χ3v) is 5.83. The molecule has 1 aromatic rings. The first-order valence-corrected chi connectivity index (χ1v) is 11.4. The van der Waals surface area contributed by atoms with E-state index in [1.54, 1.807) is 26.0 Å². The molecule has 3 unspecified atom stereocenters. The van der Waals surface area contributed by atoms with E-state index in [1.807, 2.05) is 37.3 Å². The molecule has 2 N–H and O–H groups in total. The first-order valence-electron chi connectivity index (χ1n) is 11.4. The average Bonchev–Trinajstić information content (AvgIpc) is 2.97. The highest BCUT2D eigenvalue weighted by Crippen LogP contribution is 2.37. The fourth-order valence-corrected chi connectivity index (χ4v) is 4.01. The van der Waals surface area contributed by atoms with Crippen molar-refractivity contribution in [2.24, 2.45) is 11.8 Å². The monoisotopic (exact) mass is 484 g/mol. The highest BCUT2D eigenvalue weighted by atomic mass is 19.1. The molecule has 35 heavy (non-hydrogen) atoms. The van der Waals surface area contributed by atoms with Crippen LogP contribution < -0.4 is 10.2 Å². The van der Waals surface area contributed by atoms with Crippen LogP contribution in [0.2, 0.25) is 0 Å². The van der Waals surface area contributed by atoms with Gasteiger partial charge in [-0.25, -0.2) is 14.1 Å². The number of Topliss-reactive ketones (excluding diaryl/α,β-unsaturated/α-hetero) is 1. The molecule has 1 aliphatic carbocycles. The second kappa shape index (κ2) is 11.1. The number of fused-ring (bicyclic) bond motifs is 1. The van der Waals surface area contributed by atoms with Crippen molar-refractivity contribution in [2.75, 3.05) is 11.6 Å². The Morgan fingerprint density at radius 3 is 2.54 bits per heavy atom. The number of hydrogen-bond donors (Lipinski definition) is 2. The molecule has 0 bridgehead atoms. The van der Waals surface area contributed by atoms with Crippen molar-refractivity contribution in [2.45, 2.75) is 45.8 Å². The lowest BCUT2D eigenvalue weighted by molar-refractivity contribution is -0.141. The third-order valence-electron chi connectivity index (χ3n) is 5.83. The number of rotatable bonds is 8. The number of carbonyl (C=O) groups excluding carboxylic acids is 3. The van der Waals surface area contributed by atoms with Crippen molar-refractivity contribution in [3.8, 4) is 0 Å². The van der Waals surface area contributed by atoms with Crippen molar-refractivity contribution >= 4 is 35.5 Å². The molecule has 8 nitrogen and oxygen atoms in total. The van der Waals surface area contributed by atoms with Gasteiger partial charge < -0.3 is 15.2 Å². The van der Waals surface area contributed by atoms with E-state index in [0.29, 0.717) is 12.1 Å². The lowest BCUT2D eigenvalue weighted by Crippen LogP contribution is -2.50. The molecule has 1 heterocycles. The quantitative estimate of drug-likeness (QED) is 0.576. The second-order valence-electron chi connectivity index (χ2n) is 8.98. The fraction of sp³-hybridized carbons (Fsp3) is 0.385. The van der Waals surface area contributed by atoms with Crippen molar-refractivity contribution in [1.29, 1.82) is 0 Å². The first kappa shape index (κ1) is 25.9. The zero-order chi connectivity index (χ0) is 25.7. The molecule has 3 atom stereocenters. The molecule has 0 radical (unpaired) electrons. The van der Waals surface area contributed by atoms with E-state index in [1.165, 1.54) is 4.90 Å². The molecule has 2 amide bonds. The van der Waals surface area contributed by atoms with Crippen molar-refractivity contribution in [3.05, 3.63) is 59.3 Å². The number of carboxylic acid groups (broad SMARTS) is 1. The Hall–Kier alpha value is -3.75. The van der Waals surface area contributed by atoms with Gasteiger partial charge in [-0.05, 0) is 35.5 Å². The highest BCUT2D eigenvalue weighted by Gasteiger charge is 2.35. The van der Waals surface area contributed by atoms with Gasteiger partial charge in [-0.15, -0.1) is 0 Å². The zero-order valence-corrected chi connectivity index (χ0v) is 19.9. The van der Waals surface area contributed by atoms with Crippen molar-refractivity contribution in [3.63, 3.8) is 0 Å². The number of hydrogen-bond acceptors (Lipinski definition) is 5. The predicted molar refractivity (Wildman–Crippen MR) is 128 cm³/mol. The predicted octanol–water partition coefficient (Wildman–Crippen LogP) is 4.03. The van der Waals surface area contributed by atoms with Gasteiger partial charge in [0.15, 0.2) is 11.9 Å². The molecule has 0 saturated heterocycles. The van der Waals surface area contributed by atoms with Gasteiger partial charge in [0.25, 0.3) is 5.91 Å². The van der Waals surface area contributed by atoms with Crippen LogP contribution in [0.25, 0.3) is 6.08 Å². The van der Waals surface area contributed by atoms with Crippen LogP contribution >= 0.6 is 0 Å². The summed E-state index contributed by atoms with van der Waals surface area (Å²) < 4.78 is 18.6. The number of para-hydroxylation sites is 1. The van der Waals surface area contributed by atoms with Crippen LogP contribution in [0.4, 0.5) is 14.9 Å². The Kier molecular flexibility index (Phi) is 8.22. The van der Waals surface area contributed by atoms with Gasteiger partial charge in [0, 0.05) is 5.70 Å². The summed E-state index contributed by atoms with van der Waals surface area (Å²) in [5.74, 6) is -3.64. The Morgan fingerprint density at radius 2 is 1.89 bits per heavy atom. The van der Waals surface area contributed by atoms with Gasteiger partial charge in [-0.1, -0.05) is 63.3 Å². The zero-order valence-electron chi connectivity index (χ0n) is 19.9. The molecule has 186 valence electrons. The SMILES string of the molecule is CC1C=CC2=C(C1)N(C(=O)OC(C(=O)NC(CC(=O)O)C(=O)CF)C(C)C)c1ccccc1C=C2. The largest absolute Gasteiger partial charge is 0.481 e. The van der Waals surface area contributed by atoms with Crippen LogP contribution in [0, 0.1) is 11.8 Å². The number of halogens is 1. The van der Waals surface area contributed by atoms with E-state index in [9.17, 15) is 23.6 Å². The number of aliphatic carboxylic acids is 1. The number of amides is 2. The van der Waals surface area contributed by atoms with Crippen molar-refractivity contribution in [1.82, 2.24) is 5.32 Å². The lowest BCUT2D eigenvalue weighted by atomic mass is 9.94. The maximum atomic E-state index is 13.6. The number of carboxylic acids is 1. The normalized spacial score (nSPS) is 18.3. The molecule has 0 fully saturated rings. The molecule has 2 aliphatic rings. The summed E-state index contributed by atoms with van der Waals surface area (Å²) in [7, 11) is 0. The van der Waals surface area contributed by atoms with Gasteiger partial charge in [0.2, 0.25) is 0 Å². The van der Waals surface area contributed by atoms with Crippen molar-refractivity contribution < 1.29 is 33.4 Å². The second-order valence-corrected chi connectivity index (χ2v) is 8.98. The van der Waals surface area contributed by atoms with Crippen LogP contribution in [-0.2, 0) is 19.1 Å². The molecule has 3 rings (SSSR count). The molecule has 1 aromatic carbocycles. The molecule has 0 saturated carbocycles. The maximum Gasteiger partial charge on any atom is 0.419 e. The van der Waals surface area contributed by atoms with E-state index in [-0.39, 0.29) is 5.92 Å². The molecule has 0 aromatic heterocycles. The number of ether oxygens (including phenoxy) is 1. The molecule has 1 aliphatic heterocycles. The average molecular weight is 485 g/mol. The summed E-state index contributed by atoms with van der Waals surface area (Å²) >= 11 is 0. The minimum absolute atomic E-state index is 0.176. The molecular weight excluding hydrogens is 455 g/mol. The minimum Gasteiger partial charge on any atom is -0.481 e. The number of nitrogens with zero attached hydrogens (tertiary/aromatic N) is 1. The summed E-state index contributed by atoms with van der Waals surface area (Å²) in [6.45, 7) is 3.90. The molecular formula is C26H29FN2O6. The minimum atomic E-state index is -1.56. The Morgan fingerprint density at radius 1 is 1.17 bits per heavy atom. The highest BCUT2D eigenvalue weighted by molar-refractivity contribution is 5.98. The summed E-state index contributed by atoms with van der Waals surface area (Å²) in [5.41, 5.74) is 2.96. The number of benzene rings is 1. The van der Waals surface area contributed by atoms with Gasteiger partial charge in [0.05, 0.1) is 12.1 Å². The number of allylic oxidation sites excluding steroid dienone is 5.